The quantitative estimate of drug-likeness (QED) is 0.781. The van der Waals surface area contributed by atoms with E-state index in [2.05, 4.69) is 9.88 Å². The number of pyridine rings is 1. The number of carbonyl (C=O) groups excluding carboxylic acids is 1. The smallest absolute Gasteiger partial charge is 0.231 e. The van der Waals surface area contributed by atoms with E-state index in [9.17, 15) is 4.79 Å². The molecule has 4 heterocycles. The van der Waals surface area contributed by atoms with Crippen LogP contribution in [0.25, 0.3) is 6.08 Å². The maximum Gasteiger partial charge on any atom is 0.231 e. The summed E-state index contributed by atoms with van der Waals surface area (Å²) < 4.78 is 17.6. The van der Waals surface area contributed by atoms with Crippen molar-refractivity contribution in [1.82, 2.24) is 9.88 Å². The van der Waals surface area contributed by atoms with Crippen LogP contribution in [0, 0.1) is 0 Å². The van der Waals surface area contributed by atoms with Gasteiger partial charge in [0.25, 0.3) is 0 Å². The third kappa shape index (κ3) is 3.11. The number of hydrogen-bond acceptors (Lipinski definition) is 6. The average Bonchev–Trinajstić information content (AvgIpc) is 3.31. The number of benzene rings is 1. The minimum Gasteiger partial charge on any atom is -0.478 e. The van der Waals surface area contributed by atoms with Crippen molar-refractivity contribution in [1.29, 1.82) is 0 Å². The highest BCUT2D eigenvalue weighted by molar-refractivity contribution is 6.15. The molecule has 1 aromatic carbocycles. The number of fused-ring (bicyclic) bond motifs is 3. The first-order valence-corrected chi connectivity index (χ1v) is 9.25. The van der Waals surface area contributed by atoms with Crippen LogP contribution in [0.1, 0.15) is 34.3 Å². The van der Waals surface area contributed by atoms with Crippen LogP contribution in [0.2, 0.25) is 0 Å². The first kappa shape index (κ1) is 16.5. The van der Waals surface area contributed by atoms with Gasteiger partial charge in [-0.25, -0.2) is 0 Å². The van der Waals surface area contributed by atoms with Crippen LogP contribution in [-0.2, 0) is 11.3 Å². The summed E-state index contributed by atoms with van der Waals surface area (Å²) in [5, 5.41) is 0. The van der Waals surface area contributed by atoms with Crippen molar-refractivity contribution >= 4 is 11.9 Å². The molecule has 1 unspecified atom stereocenters. The van der Waals surface area contributed by atoms with Crippen LogP contribution in [-0.4, -0.2) is 41.7 Å². The lowest BCUT2D eigenvalue weighted by Gasteiger charge is -2.31. The minimum absolute atomic E-state index is 0.104. The molecular formula is C21H20N2O4. The lowest BCUT2D eigenvalue weighted by atomic mass is 10.0. The van der Waals surface area contributed by atoms with Crippen LogP contribution in [0.5, 0.6) is 11.5 Å². The van der Waals surface area contributed by atoms with Crippen molar-refractivity contribution in [2.24, 2.45) is 0 Å². The lowest BCUT2D eigenvalue weighted by molar-refractivity contribution is 0.0274. The number of allylic oxidation sites excluding steroid dienone is 1. The molecule has 0 spiro atoms. The number of aromatic nitrogens is 1. The van der Waals surface area contributed by atoms with Crippen LogP contribution < -0.4 is 9.47 Å². The molecule has 0 N–H and O–H groups in total. The number of nitrogens with zero attached hydrogens (tertiary/aromatic N) is 2. The highest BCUT2D eigenvalue weighted by atomic mass is 16.5. The molecular weight excluding hydrogens is 344 g/mol. The van der Waals surface area contributed by atoms with Crippen LogP contribution in [0.15, 0.2) is 42.4 Å². The molecule has 5 rings (SSSR count). The number of Topliss-reactive ketones (excluding diaryl/α,β-unsaturated/α-hetero) is 1. The van der Waals surface area contributed by atoms with E-state index in [1.165, 1.54) is 0 Å². The fourth-order valence-corrected chi connectivity index (χ4v) is 3.81. The summed E-state index contributed by atoms with van der Waals surface area (Å²) >= 11 is 0. The van der Waals surface area contributed by atoms with E-state index in [1.54, 1.807) is 24.5 Å². The van der Waals surface area contributed by atoms with Gasteiger partial charge in [0.2, 0.25) is 5.78 Å². The second-order valence-electron chi connectivity index (χ2n) is 7.07. The van der Waals surface area contributed by atoms with Crippen LogP contribution >= 0.6 is 0 Å². The van der Waals surface area contributed by atoms with E-state index in [1.807, 2.05) is 18.2 Å². The van der Waals surface area contributed by atoms with Gasteiger partial charge in [0.1, 0.15) is 18.2 Å². The fraction of sp³-hybridized carbons (Fsp3) is 0.333. The summed E-state index contributed by atoms with van der Waals surface area (Å²) in [7, 11) is 0. The molecule has 1 saturated heterocycles. The van der Waals surface area contributed by atoms with Crippen molar-refractivity contribution in [3.05, 3.63) is 59.1 Å². The normalized spacial score (nSPS) is 23.0. The zero-order chi connectivity index (χ0) is 18.2. The Morgan fingerprint density at radius 1 is 1.30 bits per heavy atom. The van der Waals surface area contributed by atoms with Crippen LogP contribution in [0.4, 0.5) is 0 Å². The van der Waals surface area contributed by atoms with Gasteiger partial charge >= 0.3 is 0 Å². The molecule has 2 aromatic rings. The molecule has 3 aliphatic rings. The Morgan fingerprint density at radius 2 is 2.26 bits per heavy atom. The zero-order valence-electron chi connectivity index (χ0n) is 14.9. The second-order valence-corrected chi connectivity index (χ2v) is 7.07. The molecule has 1 aromatic heterocycles. The van der Waals surface area contributed by atoms with Crippen molar-refractivity contribution in [3.63, 3.8) is 0 Å². The molecule has 138 valence electrons. The van der Waals surface area contributed by atoms with Gasteiger partial charge in [-0.3, -0.25) is 14.7 Å². The van der Waals surface area contributed by atoms with Crippen molar-refractivity contribution in [2.45, 2.75) is 25.5 Å². The van der Waals surface area contributed by atoms with E-state index in [0.29, 0.717) is 30.3 Å². The standard InChI is InChI=1S/C21H20N2O4/c24-20-16-5-6-18-17(12-23(13-26-18)11-15-4-2-8-25-15)21(16)27-19(20)9-14-3-1-7-22-10-14/h1,3,5-7,9-10,15H,2,4,8,11-13H2. The molecule has 3 aliphatic heterocycles. The van der Waals surface area contributed by atoms with Crippen molar-refractivity contribution in [3.8, 4) is 11.5 Å². The molecule has 1 fully saturated rings. The highest BCUT2D eigenvalue weighted by Crippen LogP contribution is 2.42. The van der Waals surface area contributed by atoms with Crippen molar-refractivity contribution in [2.75, 3.05) is 19.9 Å². The van der Waals surface area contributed by atoms with Gasteiger partial charge in [0.15, 0.2) is 5.76 Å². The number of ether oxygens (including phenoxy) is 3. The summed E-state index contributed by atoms with van der Waals surface area (Å²) in [5.74, 6) is 1.62. The lowest BCUT2D eigenvalue weighted by Crippen LogP contribution is -2.37. The van der Waals surface area contributed by atoms with E-state index in [0.717, 1.165) is 42.9 Å². The van der Waals surface area contributed by atoms with E-state index >= 15 is 0 Å². The maximum absolute atomic E-state index is 12.8. The van der Waals surface area contributed by atoms with Gasteiger partial charge in [-0.2, -0.15) is 0 Å². The van der Waals surface area contributed by atoms with Gasteiger partial charge in [0.05, 0.1) is 17.2 Å². The molecule has 0 saturated carbocycles. The number of rotatable bonds is 3. The zero-order valence-corrected chi connectivity index (χ0v) is 14.9. The summed E-state index contributed by atoms with van der Waals surface area (Å²) in [5.41, 5.74) is 2.35. The highest BCUT2D eigenvalue weighted by Gasteiger charge is 2.34. The molecule has 0 bridgehead atoms. The largest absolute Gasteiger partial charge is 0.478 e. The van der Waals surface area contributed by atoms with Gasteiger partial charge < -0.3 is 14.2 Å². The predicted octanol–water partition coefficient (Wildman–Crippen LogP) is 3.03. The topological polar surface area (TPSA) is 60.9 Å². The molecule has 0 radical (unpaired) electrons. The molecule has 6 nitrogen and oxygen atoms in total. The monoisotopic (exact) mass is 364 g/mol. The average molecular weight is 364 g/mol. The molecule has 1 atom stereocenters. The first-order valence-electron chi connectivity index (χ1n) is 9.25. The Kier molecular flexibility index (Phi) is 4.14. The molecule has 0 aliphatic carbocycles. The third-order valence-electron chi connectivity index (χ3n) is 5.15. The summed E-state index contributed by atoms with van der Waals surface area (Å²) in [4.78, 5) is 19.0. The number of ketones is 1. The molecule has 0 amide bonds. The Labute approximate surface area is 157 Å². The van der Waals surface area contributed by atoms with Gasteiger partial charge in [-0.05, 0) is 42.7 Å². The Morgan fingerprint density at radius 3 is 3.07 bits per heavy atom. The molecule has 6 heteroatoms. The van der Waals surface area contributed by atoms with E-state index < -0.39 is 0 Å². The van der Waals surface area contributed by atoms with E-state index in [-0.39, 0.29) is 11.9 Å². The second kappa shape index (κ2) is 6.79. The third-order valence-corrected chi connectivity index (χ3v) is 5.15. The summed E-state index contributed by atoms with van der Waals surface area (Å²) in [6, 6.07) is 7.38. The van der Waals surface area contributed by atoms with E-state index in [4.69, 9.17) is 14.2 Å². The predicted molar refractivity (Wildman–Crippen MR) is 98.5 cm³/mol. The Hall–Kier alpha value is -2.70. The minimum atomic E-state index is -0.104. The van der Waals surface area contributed by atoms with Crippen molar-refractivity contribution < 1.29 is 19.0 Å². The maximum atomic E-state index is 12.8. The van der Waals surface area contributed by atoms with Crippen LogP contribution in [0.3, 0.4) is 0 Å². The summed E-state index contributed by atoms with van der Waals surface area (Å²) in [6.45, 7) is 2.88. The van der Waals surface area contributed by atoms with Gasteiger partial charge in [0, 0.05) is 32.1 Å². The SMILES string of the molecule is O=C1C(=Cc2cccnc2)Oc2c1ccc1c2CN(CC2CCCO2)CO1. The Balaban J connectivity index is 1.42. The fourth-order valence-electron chi connectivity index (χ4n) is 3.81. The molecule has 27 heavy (non-hydrogen) atoms. The number of hydrogen-bond donors (Lipinski definition) is 0. The van der Waals surface area contributed by atoms with Gasteiger partial charge in [-0.1, -0.05) is 6.07 Å². The summed E-state index contributed by atoms with van der Waals surface area (Å²) in [6.07, 6.45) is 7.60. The van der Waals surface area contributed by atoms with Gasteiger partial charge in [-0.15, -0.1) is 0 Å². The Bertz CT molecular complexity index is 904. The number of carbonyl (C=O) groups is 1. The first-order chi connectivity index (χ1) is 13.3.